The SMILES string of the molecule is CC(=O)Oc1c(C)c(C)c2c(c1C)COC2OC(C)=O. The second-order valence-electron chi connectivity index (χ2n) is 4.94. The summed E-state index contributed by atoms with van der Waals surface area (Å²) in [4.78, 5) is 22.3. The van der Waals surface area contributed by atoms with Crippen molar-refractivity contribution in [2.24, 2.45) is 0 Å². The third kappa shape index (κ3) is 2.41. The summed E-state index contributed by atoms with van der Waals surface area (Å²) in [5.41, 5.74) is 4.43. The van der Waals surface area contributed by atoms with Gasteiger partial charge in [0, 0.05) is 19.4 Å². The van der Waals surface area contributed by atoms with Crippen LogP contribution < -0.4 is 4.74 Å². The van der Waals surface area contributed by atoms with Crippen LogP contribution in [0.1, 0.15) is 48.0 Å². The fraction of sp³-hybridized carbons (Fsp3) is 0.467. The zero-order valence-electron chi connectivity index (χ0n) is 12.3. The molecule has 5 heteroatoms. The molecule has 1 aromatic carbocycles. The molecule has 108 valence electrons. The molecule has 0 saturated carbocycles. The summed E-state index contributed by atoms with van der Waals surface area (Å²) in [6.07, 6.45) is -0.675. The molecule has 0 spiro atoms. The maximum Gasteiger partial charge on any atom is 0.308 e. The molecular weight excluding hydrogens is 260 g/mol. The monoisotopic (exact) mass is 278 g/mol. The second-order valence-corrected chi connectivity index (χ2v) is 4.94. The van der Waals surface area contributed by atoms with Gasteiger partial charge in [0.2, 0.25) is 6.29 Å². The molecule has 0 amide bonds. The van der Waals surface area contributed by atoms with Crippen molar-refractivity contribution in [3.05, 3.63) is 27.8 Å². The number of hydrogen-bond donors (Lipinski definition) is 0. The summed E-state index contributed by atoms with van der Waals surface area (Å²) in [5.74, 6) is -0.173. The van der Waals surface area contributed by atoms with Crippen molar-refractivity contribution in [2.75, 3.05) is 0 Å². The van der Waals surface area contributed by atoms with E-state index in [0.29, 0.717) is 12.4 Å². The van der Waals surface area contributed by atoms with Crippen molar-refractivity contribution >= 4 is 11.9 Å². The van der Waals surface area contributed by atoms with Crippen LogP contribution in [-0.2, 0) is 25.7 Å². The Hall–Kier alpha value is -1.88. The minimum Gasteiger partial charge on any atom is -0.431 e. The van der Waals surface area contributed by atoms with Crippen LogP contribution in [0.4, 0.5) is 0 Å². The molecule has 0 fully saturated rings. The first kappa shape index (κ1) is 14.5. The maximum absolute atomic E-state index is 11.2. The van der Waals surface area contributed by atoms with Crippen LogP contribution in [0.3, 0.4) is 0 Å². The number of esters is 2. The average molecular weight is 278 g/mol. The van der Waals surface area contributed by atoms with Crippen LogP contribution >= 0.6 is 0 Å². The van der Waals surface area contributed by atoms with Crippen molar-refractivity contribution in [2.45, 2.75) is 47.5 Å². The Kier molecular flexibility index (Phi) is 3.81. The van der Waals surface area contributed by atoms with E-state index in [1.807, 2.05) is 20.8 Å². The lowest BCUT2D eigenvalue weighted by atomic mass is 9.93. The van der Waals surface area contributed by atoms with Crippen LogP contribution in [-0.4, -0.2) is 11.9 Å². The fourth-order valence-electron chi connectivity index (χ4n) is 2.51. The third-order valence-electron chi connectivity index (χ3n) is 3.56. The summed E-state index contributed by atoms with van der Waals surface area (Å²) in [5, 5.41) is 0. The summed E-state index contributed by atoms with van der Waals surface area (Å²) >= 11 is 0. The number of hydrogen-bond acceptors (Lipinski definition) is 5. The van der Waals surface area contributed by atoms with E-state index < -0.39 is 6.29 Å². The van der Waals surface area contributed by atoms with Gasteiger partial charge in [-0.05, 0) is 43.0 Å². The molecule has 1 aliphatic heterocycles. The second kappa shape index (κ2) is 5.25. The molecule has 20 heavy (non-hydrogen) atoms. The Bertz CT molecular complexity index is 589. The first-order valence-corrected chi connectivity index (χ1v) is 6.42. The molecule has 1 atom stereocenters. The molecule has 1 aromatic rings. The molecule has 2 rings (SSSR count). The zero-order chi connectivity index (χ0) is 15.0. The molecule has 1 heterocycles. The van der Waals surface area contributed by atoms with E-state index in [4.69, 9.17) is 14.2 Å². The van der Waals surface area contributed by atoms with Crippen molar-refractivity contribution < 1.29 is 23.8 Å². The quantitative estimate of drug-likeness (QED) is 0.614. The number of carbonyl (C=O) groups excluding carboxylic acids is 2. The van der Waals surface area contributed by atoms with Gasteiger partial charge in [-0.3, -0.25) is 9.59 Å². The summed E-state index contributed by atoms with van der Waals surface area (Å²) in [7, 11) is 0. The molecule has 0 aliphatic carbocycles. The number of fused-ring (bicyclic) bond motifs is 1. The van der Waals surface area contributed by atoms with Gasteiger partial charge >= 0.3 is 11.9 Å². The van der Waals surface area contributed by atoms with Crippen LogP contribution in [0.15, 0.2) is 0 Å². The van der Waals surface area contributed by atoms with E-state index in [1.54, 1.807) is 0 Å². The van der Waals surface area contributed by atoms with Gasteiger partial charge in [-0.25, -0.2) is 0 Å². The predicted octanol–water partition coefficient (Wildman–Crippen LogP) is 2.63. The highest BCUT2D eigenvalue weighted by atomic mass is 16.7. The van der Waals surface area contributed by atoms with E-state index in [9.17, 15) is 9.59 Å². The molecule has 0 radical (unpaired) electrons. The van der Waals surface area contributed by atoms with Gasteiger partial charge in [0.1, 0.15) is 5.75 Å². The zero-order valence-corrected chi connectivity index (χ0v) is 12.3. The lowest BCUT2D eigenvalue weighted by Crippen LogP contribution is -2.11. The molecule has 1 unspecified atom stereocenters. The predicted molar refractivity (Wildman–Crippen MR) is 71.3 cm³/mol. The first-order chi connectivity index (χ1) is 9.32. The Balaban J connectivity index is 2.54. The lowest BCUT2D eigenvalue weighted by molar-refractivity contribution is -0.175. The highest BCUT2D eigenvalue weighted by Gasteiger charge is 2.32. The van der Waals surface area contributed by atoms with Crippen molar-refractivity contribution in [1.82, 2.24) is 0 Å². The molecule has 5 nitrogen and oxygen atoms in total. The number of ether oxygens (including phenoxy) is 3. The van der Waals surface area contributed by atoms with Crippen LogP contribution in [0.2, 0.25) is 0 Å². The smallest absolute Gasteiger partial charge is 0.308 e. The van der Waals surface area contributed by atoms with E-state index in [0.717, 1.165) is 27.8 Å². The van der Waals surface area contributed by atoms with Crippen molar-refractivity contribution in [3.63, 3.8) is 0 Å². The van der Waals surface area contributed by atoms with Crippen molar-refractivity contribution in [1.29, 1.82) is 0 Å². The highest BCUT2D eigenvalue weighted by molar-refractivity contribution is 5.72. The Morgan fingerprint density at radius 3 is 2.25 bits per heavy atom. The minimum absolute atomic E-state index is 0.342. The Morgan fingerprint density at radius 2 is 1.70 bits per heavy atom. The van der Waals surface area contributed by atoms with Gasteiger partial charge < -0.3 is 14.2 Å². The normalized spacial score (nSPS) is 16.8. The Morgan fingerprint density at radius 1 is 1.05 bits per heavy atom. The van der Waals surface area contributed by atoms with E-state index >= 15 is 0 Å². The van der Waals surface area contributed by atoms with Gasteiger partial charge in [0.05, 0.1) is 6.61 Å². The topological polar surface area (TPSA) is 61.8 Å². The summed E-state index contributed by atoms with van der Waals surface area (Å²) in [6.45, 7) is 8.73. The first-order valence-electron chi connectivity index (χ1n) is 6.42. The number of benzene rings is 1. The maximum atomic E-state index is 11.2. The molecule has 0 saturated heterocycles. The van der Waals surface area contributed by atoms with E-state index in [1.165, 1.54) is 13.8 Å². The van der Waals surface area contributed by atoms with Gasteiger partial charge in [-0.15, -0.1) is 0 Å². The van der Waals surface area contributed by atoms with Gasteiger partial charge in [0.15, 0.2) is 0 Å². The van der Waals surface area contributed by atoms with Crippen LogP contribution in [0, 0.1) is 20.8 Å². The summed E-state index contributed by atoms with van der Waals surface area (Å²) in [6, 6.07) is 0. The van der Waals surface area contributed by atoms with Crippen LogP contribution in [0.5, 0.6) is 5.75 Å². The molecular formula is C15H18O5. The Labute approximate surface area is 117 Å². The highest BCUT2D eigenvalue weighted by Crippen LogP contribution is 2.42. The van der Waals surface area contributed by atoms with Gasteiger partial charge in [-0.2, -0.15) is 0 Å². The average Bonchev–Trinajstić information content (AvgIpc) is 2.74. The van der Waals surface area contributed by atoms with E-state index in [2.05, 4.69) is 0 Å². The number of rotatable bonds is 2. The van der Waals surface area contributed by atoms with E-state index in [-0.39, 0.29) is 11.9 Å². The molecule has 0 bridgehead atoms. The molecule has 1 aliphatic rings. The molecule has 0 aromatic heterocycles. The third-order valence-corrected chi connectivity index (χ3v) is 3.56. The van der Waals surface area contributed by atoms with Gasteiger partial charge in [0.25, 0.3) is 0 Å². The molecule has 0 N–H and O–H groups in total. The van der Waals surface area contributed by atoms with Crippen LogP contribution in [0.25, 0.3) is 0 Å². The largest absolute Gasteiger partial charge is 0.431 e. The van der Waals surface area contributed by atoms with Gasteiger partial charge in [-0.1, -0.05) is 0 Å². The standard InChI is InChI=1S/C15H18O5/c1-7-8(2)14(19-10(4)16)9(3)12-6-18-15(13(7)12)20-11(5)17/h15H,6H2,1-5H3. The van der Waals surface area contributed by atoms with Crippen molar-refractivity contribution in [3.8, 4) is 5.75 Å². The summed E-state index contributed by atoms with van der Waals surface area (Å²) < 4.78 is 16.0. The lowest BCUT2D eigenvalue weighted by Gasteiger charge is -2.18. The number of carbonyl (C=O) groups is 2. The fourth-order valence-corrected chi connectivity index (χ4v) is 2.51. The minimum atomic E-state index is -0.675.